The lowest BCUT2D eigenvalue weighted by atomic mass is 9.30. The second-order valence-electron chi connectivity index (χ2n) is 14.8. The van der Waals surface area contributed by atoms with Crippen LogP contribution in [0.4, 0.5) is 0 Å². The molecule has 0 radical (unpaired) electrons. The minimum Gasteiger partial charge on any atom is -0.379 e. The van der Waals surface area contributed by atoms with Crippen LogP contribution in [0.5, 0.6) is 0 Å². The third-order valence-corrected chi connectivity index (χ3v) is 12.2. The fourth-order valence-corrected chi connectivity index (χ4v) is 12.0. The highest BCUT2D eigenvalue weighted by Crippen LogP contribution is 2.78. The molecule has 0 heterocycles. The largest absolute Gasteiger partial charge is 0.379 e. The van der Waals surface area contributed by atoms with Gasteiger partial charge in [0.15, 0.2) is 0 Å². The molecule has 10 heteroatoms. The third-order valence-electron chi connectivity index (χ3n) is 12.2. The van der Waals surface area contributed by atoms with Crippen LogP contribution in [0.15, 0.2) is 20.0 Å². The van der Waals surface area contributed by atoms with Crippen LogP contribution in [-0.4, -0.2) is 74.9 Å². The summed E-state index contributed by atoms with van der Waals surface area (Å²) in [5, 5.41) is 0. The summed E-state index contributed by atoms with van der Waals surface area (Å²) in [5.74, 6) is 3.42. The van der Waals surface area contributed by atoms with Crippen LogP contribution in [0.3, 0.4) is 0 Å². The topological polar surface area (TPSA) is 136 Å². The second kappa shape index (κ2) is 14.3. The Morgan fingerprint density at radius 1 is 0.636 bits per heavy atom. The number of ether oxygens (including phenoxy) is 2. The number of nitrogens with zero attached hydrogens (tertiary/aromatic N) is 4. The van der Waals surface area contributed by atoms with Gasteiger partial charge in [0, 0.05) is 13.2 Å². The molecule has 44 heavy (non-hydrogen) atoms. The Balaban J connectivity index is 0.000000208. The molecule has 8 fully saturated rings. The Bertz CT molecular complexity index is 1160. The summed E-state index contributed by atoms with van der Waals surface area (Å²) >= 11 is 0. The molecule has 0 N–H and O–H groups in total. The molecule has 0 saturated heterocycles. The van der Waals surface area contributed by atoms with E-state index in [2.05, 4.69) is 26.9 Å². The molecule has 0 aromatic carbocycles. The minimum atomic E-state index is -0.148. The van der Waals surface area contributed by atoms with Crippen molar-refractivity contribution < 1.29 is 28.7 Å². The van der Waals surface area contributed by atoms with E-state index in [1.165, 1.54) is 50.7 Å². The molecule has 0 spiro atoms. The van der Waals surface area contributed by atoms with E-state index >= 15 is 0 Å². The number of hydrogen-bond donors (Lipinski definition) is 0. The fraction of sp³-hybridized carbons (Fsp3) is 0.882. The molecule has 0 aliphatic heterocycles. The van der Waals surface area contributed by atoms with Crippen LogP contribution in [-0.2, 0) is 28.7 Å². The zero-order chi connectivity index (χ0) is 31.1. The Hall–Kier alpha value is -2.56. The van der Waals surface area contributed by atoms with Gasteiger partial charge in [-0.1, -0.05) is 13.3 Å². The first-order chi connectivity index (χ1) is 21.4. The van der Waals surface area contributed by atoms with Crippen molar-refractivity contribution in [1.29, 1.82) is 0 Å². The summed E-state index contributed by atoms with van der Waals surface area (Å²) in [4.78, 5) is 58.1. The van der Waals surface area contributed by atoms with Gasteiger partial charge in [-0.3, -0.25) is 0 Å². The molecular formula is C34H48N4O6. The van der Waals surface area contributed by atoms with Gasteiger partial charge < -0.3 is 9.47 Å². The predicted octanol–water partition coefficient (Wildman–Crippen LogP) is 5.44. The molecule has 8 aliphatic carbocycles. The van der Waals surface area contributed by atoms with Gasteiger partial charge in [-0.05, 0) is 124 Å². The summed E-state index contributed by atoms with van der Waals surface area (Å²) in [7, 11) is 0. The highest BCUT2D eigenvalue weighted by Gasteiger charge is 2.73. The smallest absolute Gasteiger partial charge is 0.235 e. The first-order valence-electron chi connectivity index (χ1n) is 16.8. The second-order valence-corrected chi connectivity index (χ2v) is 14.8. The fourth-order valence-electron chi connectivity index (χ4n) is 12.0. The van der Waals surface area contributed by atoms with Crippen molar-refractivity contribution in [2.75, 3.05) is 39.5 Å². The summed E-state index contributed by atoms with van der Waals surface area (Å²) in [6, 6.07) is 0. The van der Waals surface area contributed by atoms with Crippen molar-refractivity contribution in [2.24, 2.45) is 60.4 Å². The summed E-state index contributed by atoms with van der Waals surface area (Å²) in [6.45, 7) is 5.39. The monoisotopic (exact) mass is 608 g/mol. The molecule has 0 aromatic rings. The summed E-state index contributed by atoms with van der Waals surface area (Å²) < 4.78 is 10.4. The average molecular weight is 609 g/mol. The zero-order valence-electron chi connectivity index (χ0n) is 26.3. The van der Waals surface area contributed by atoms with Crippen LogP contribution in [0, 0.1) is 40.4 Å². The number of rotatable bonds is 15. The average Bonchev–Trinajstić information content (AvgIpc) is 2.97. The molecule has 0 aromatic heterocycles. The van der Waals surface area contributed by atoms with Gasteiger partial charge in [0.05, 0.1) is 37.4 Å². The van der Waals surface area contributed by atoms with Crippen molar-refractivity contribution in [3.63, 3.8) is 0 Å². The standard InChI is InChI=1S/C24H32N2O2.C10H16N2O4/c1-2-20-23(9-18-4-19(10-23)12-24(20,11-18)26-15-28)21-5-16-3-17(6-21)8-22(7-16,13-21)25-14-27;13-9-11-3-1-5-15-7-8-16-6-2-4-12-10-14/h16-20H,2-13H2,1H3;1-8H2. The van der Waals surface area contributed by atoms with Gasteiger partial charge in [0.25, 0.3) is 0 Å². The molecule has 10 nitrogen and oxygen atoms in total. The lowest BCUT2D eigenvalue weighted by Crippen LogP contribution is -2.70. The number of carbonyl (C=O) groups excluding carboxylic acids is 4. The molecule has 5 atom stereocenters. The van der Waals surface area contributed by atoms with Gasteiger partial charge in [-0.25, -0.2) is 29.2 Å². The molecule has 240 valence electrons. The number of hydrogen-bond acceptors (Lipinski definition) is 10. The molecule has 8 rings (SSSR count). The van der Waals surface area contributed by atoms with Crippen LogP contribution in [0.25, 0.3) is 0 Å². The van der Waals surface area contributed by atoms with E-state index in [1.54, 1.807) is 0 Å². The maximum Gasteiger partial charge on any atom is 0.235 e. The van der Waals surface area contributed by atoms with Crippen LogP contribution < -0.4 is 0 Å². The van der Waals surface area contributed by atoms with Crippen LogP contribution in [0.2, 0.25) is 0 Å². The van der Waals surface area contributed by atoms with Gasteiger partial charge in [-0.15, -0.1) is 0 Å². The van der Waals surface area contributed by atoms with E-state index in [9.17, 15) is 19.2 Å². The Labute approximate surface area is 260 Å². The maximum atomic E-state index is 11.5. The van der Waals surface area contributed by atoms with Crippen molar-refractivity contribution in [1.82, 2.24) is 0 Å². The predicted molar refractivity (Wildman–Crippen MR) is 162 cm³/mol. The first kappa shape index (κ1) is 32.8. The van der Waals surface area contributed by atoms with E-state index in [1.807, 2.05) is 12.2 Å². The SMILES string of the molecule is CCC1C2(N=C=O)CC3CC(C2)CC1(C12CC4CC(CC(N=C=O)(C4)C1)C2)C3.O=C=NCCCOCCOCCCN=C=O. The van der Waals surface area contributed by atoms with Crippen molar-refractivity contribution in [2.45, 2.75) is 108 Å². The Morgan fingerprint density at radius 2 is 1.16 bits per heavy atom. The molecule has 8 aliphatic rings. The highest BCUT2D eigenvalue weighted by molar-refractivity contribution is 5.38. The Morgan fingerprint density at radius 3 is 1.64 bits per heavy atom. The van der Waals surface area contributed by atoms with Crippen molar-refractivity contribution >= 4 is 24.3 Å². The van der Waals surface area contributed by atoms with E-state index in [0.717, 1.165) is 62.2 Å². The zero-order valence-corrected chi connectivity index (χ0v) is 26.3. The number of isocyanates is 4. The van der Waals surface area contributed by atoms with Gasteiger partial charge in [0.1, 0.15) is 0 Å². The first-order valence-corrected chi connectivity index (χ1v) is 16.8. The summed E-state index contributed by atoms with van der Waals surface area (Å²) in [6.07, 6.45) is 23.0. The van der Waals surface area contributed by atoms with E-state index in [4.69, 9.17) is 9.47 Å². The normalized spacial score (nSPS) is 40.1. The Kier molecular flexibility index (Phi) is 10.6. The molecular weight excluding hydrogens is 560 g/mol. The van der Waals surface area contributed by atoms with Crippen molar-refractivity contribution in [3.8, 4) is 0 Å². The molecule has 8 bridgehead atoms. The van der Waals surface area contributed by atoms with E-state index < -0.39 is 0 Å². The maximum absolute atomic E-state index is 11.5. The number of aliphatic imine (C=N–C) groups is 4. The van der Waals surface area contributed by atoms with Crippen LogP contribution in [0.1, 0.15) is 96.8 Å². The highest BCUT2D eigenvalue weighted by atomic mass is 16.5. The minimum absolute atomic E-state index is 0.130. The lowest BCUT2D eigenvalue weighted by molar-refractivity contribution is -0.239. The quantitative estimate of drug-likeness (QED) is 0.138. The molecule has 5 unspecified atom stereocenters. The van der Waals surface area contributed by atoms with Crippen LogP contribution >= 0.6 is 0 Å². The van der Waals surface area contributed by atoms with Gasteiger partial charge in [-0.2, -0.15) is 9.98 Å². The molecule has 0 amide bonds. The van der Waals surface area contributed by atoms with Gasteiger partial charge >= 0.3 is 0 Å². The van der Waals surface area contributed by atoms with E-state index in [-0.39, 0.29) is 11.1 Å². The lowest BCUT2D eigenvalue weighted by Gasteiger charge is -2.75. The van der Waals surface area contributed by atoms with E-state index in [0.29, 0.717) is 69.1 Å². The van der Waals surface area contributed by atoms with Crippen molar-refractivity contribution in [3.05, 3.63) is 0 Å². The molecule has 8 saturated carbocycles. The summed E-state index contributed by atoms with van der Waals surface area (Å²) in [5.41, 5.74) is 0.326. The third kappa shape index (κ3) is 6.40. The van der Waals surface area contributed by atoms with Gasteiger partial charge in [0.2, 0.25) is 24.3 Å².